The van der Waals surface area contributed by atoms with Crippen LogP contribution in [0.5, 0.6) is 0 Å². The maximum Gasteiger partial charge on any atom is 0.156 e. The fraction of sp³-hybridized carbons (Fsp3) is 0.571. The molecule has 0 radical (unpaired) electrons. The van der Waals surface area contributed by atoms with Crippen molar-refractivity contribution in [2.24, 2.45) is 0 Å². The Bertz CT molecular complexity index is 565. The number of hydrogen-bond donors (Lipinski definition) is 1. The van der Waals surface area contributed by atoms with Gasteiger partial charge in [0.15, 0.2) is 9.84 Å². The Kier molecular flexibility index (Phi) is 3.69. The summed E-state index contributed by atoms with van der Waals surface area (Å²) >= 11 is 0. The Morgan fingerprint density at radius 2 is 1.80 bits per heavy atom. The molecular weight excluding hydrogens is 279 g/mol. The standard InChI is InChI=1S/C14H19FN2O2S/c15-12-1-3-13(4-2-12)16-6-8-17(9-7-16)14-5-10-20(18,19)11-14/h1-4,14H,5-11H2/p+1/t14-/m1/s1. The molecule has 3 rings (SSSR count). The van der Waals surface area contributed by atoms with Crippen LogP contribution in [0.15, 0.2) is 24.3 Å². The molecule has 1 aromatic carbocycles. The molecule has 20 heavy (non-hydrogen) atoms. The fourth-order valence-electron chi connectivity index (χ4n) is 3.23. The molecule has 2 aliphatic heterocycles. The van der Waals surface area contributed by atoms with Crippen LogP contribution in [0.3, 0.4) is 0 Å². The molecular formula is C14H20FN2O2S+. The van der Waals surface area contributed by atoms with Gasteiger partial charge in [-0.05, 0) is 24.3 Å². The summed E-state index contributed by atoms with van der Waals surface area (Å²) in [6, 6.07) is 6.85. The molecule has 1 N–H and O–H groups in total. The van der Waals surface area contributed by atoms with E-state index in [9.17, 15) is 12.8 Å². The first-order chi connectivity index (χ1) is 9.53. The SMILES string of the molecule is O=S1(=O)CC[C@@H]([NH+]2CCN(c3ccc(F)cc3)CC2)C1. The van der Waals surface area contributed by atoms with Crippen LogP contribution in [-0.2, 0) is 9.84 Å². The Morgan fingerprint density at radius 1 is 1.15 bits per heavy atom. The van der Waals surface area contributed by atoms with E-state index >= 15 is 0 Å². The minimum Gasteiger partial charge on any atom is -0.360 e. The van der Waals surface area contributed by atoms with Crippen LogP contribution in [0.1, 0.15) is 6.42 Å². The molecule has 0 unspecified atom stereocenters. The van der Waals surface area contributed by atoms with Crippen LogP contribution in [0, 0.1) is 5.82 Å². The molecule has 1 atom stereocenters. The van der Waals surface area contributed by atoms with Crippen molar-refractivity contribution < 1.29 is 17.7 Å². The Labute approximate surface area is 119 Å². The average molecular weight is 299 g/mol. The Morgan fingerprint density at radius 3 is 2.35 bits per heavy atom. The van der Waals surface area contributed by atoms with E-state index in [1.165, 1.54) is 17.0 Å². The molecule has 2 fully saturated rings. The van der Waals surface area contributed by atoms with Crippen LogP contribution in [0.4, 0.5) is 10.1 Å². The van der Waals surface area contributed by atoms with E-state index in [-0.39, 0.29) is 11.9 Å². The van der Waals surface area contributed by atoms with Crippen molar-refractivity contribution in [1.82, 2.24) is 0 Å². The van der Waals surface area contributed by atoms with Crippen molar-refractivity contribution in [3.8, 4) is 0 Å². The number of piperazine rings is 1. The number of hydrogen-bond acceptors (Lipinski definition) is 3. The first-order valence-corrected chi connectivity index (χ1v) is 8.91. The van der Waals surface area contributed by atoms with Crippen LogP contribution >= 0.6 is 0 Å². The molecule has 2 saturated heterocycles. The van der Waals surface area contributed by atoms with E-state index in [0.717, 1.165) is 38.3 Å². The topological polar surface area (TPSA) is 41.8 Å². The van der Waals surface area contributed by atoms with Gasteiger partial charge in [0.05, 0.1) is 31.9 Å². The molecule has 0 aromatic heterocycles. The maximum absolute atomic E-state index is 12.9. The summed E-state index contributed by atoms with van der Waals surface area (Å²) < 4.78 is 36.0. The third kappa shape index (κ3) is 2.96. The van der Waals surface area contributed by atoms with Crippen LogP contribution in [-0.4, -0.2) is 52.1 Å². The molecule has 6 heteroatoms. The minimum absolute atomic E-state index is 0.214. The van der Waals surface area contributed by atoms with Gasteiger partial charge in [0.2, 0.25) is 0 Å². The van der Waals surface area contributed by atoms with E-state index in [1.54, 1.807) is 12.1 Å². The highest BCUT2D eigenvalue weighted by molar-refractivity contribution is 7.91. The van der Waals surface area contributed by atoms with Crippen molar-refractivity contribution in [1.29, 1.82) is 0 Å². The van der Waals surface area contributed by atoms with Crippen molar-refractivity contribution in [3.63, 3.8) is 0 Å². The smallest absolute Gasteiger partial charge is 0.156 e. The summed E-state index contributed by atoms with van der Waals surface area (Å²) in [5, 5.41) is 0. The van der Waals surface area contributed by atoms with Crippen molar-refractivity contribution in [2.75, 3.05) is 42.6 Å². The number of halogens is 1. The lowest BCUT2D eigenvalue weighted by Gasteiger charge is -2.36. The van der Waals surface area contributed by atoms with Gasteiger partial charge in [-0.2, -0.15) is 0 Å². The number of benzene rings is 1. The zero-order chi connectivity index (χ0) is 14.2. The summed E-state index contributed by atoms with van der Waals surface area (Å²) in [5.74, 6) is 0.482. The minimum atomic E-state index is -2.79. The van der Waals surface area contributed by atoms with Crippen LogP contribution < -0.4 is 9.80 Å². The zero-order valence-electron chi connectivity index (χ0n) is 11.4. The Hall–Kier alpha value is -1.14. The van der Waals surface area contributed by atoms with Crippen molar-refractivity contribution >= 4 is 15.5 Å². The lowest BCUT2D eigenvalue weighted by molar-refractivity contribution is -0.922. The number of nitrogens with zero attached hydrogens (tertiary/aromatic N) is 1. The summed E-state index contributed by atoms with van der Waals surface area (Å²) in [7, 11) is -2.79. The summed E-state index contributed by atoms with van der Waals surface area (Å²) in [4.78, 5) is 3.65. The average Bonchev–Trinajstić information content (AvgIpc) is 2.80. The van der Waals surface area contributed by atoms with Gasteiger partial charge < -0.3 is 9.80 Å². The molecule has 0 amide bonds. The molecule has 4 nitrogen and oxygen atoms in total. The summed E-state index contributed by atoms with van der Waals surface area (Å²) in [6.07, 6.45) is 0.800. The predicted octanol–water partition coefficient (Wildman–Crippen LogP) is -0.282. The van der Waals surface area contributed by atoms with E-state index in [0.29, 0.717) is 11.5 Å². The first kappa shape index (κ1) is 13.8. The van der Waals surface area contributed by atoms with Gasteiger partial charge in [-0.3, -0.25) is 0 Å². The molecule has 0 spiro atoms. The molecule has 0 saturated carbocycles. The Balaban J connectivity index is 1.58. The monoisotopic (exact) mass is 299 g/mol. The predicted molar refractivity (Wildman–Crippen MR) is 76.4 cm³/mol. The molecule has 2 heterocycles. The molecule has 110 valence electrons. The first-order valence-electron chi connectivity index (χ1n) is 7.09. The molecule has 0 aliphatic carbocycles. The number of quaternary nitrogens is 1. The van der Waals surface area contributed by atoms with Crippen molar-refractivity contribution in [2.45, 2.75) is 12.5 Å². The van der Waals surface area contributed by atoms with E-state index < -0.39 is 9.84 Å². The largest absolute Gasteiger partial charge is 0.360 e. The highest BCUT2D eigenvalue weighted by Crippen LogP contribution is 2.15. The lowest BCUT2D eigenvalue weighted by atomic mass is 10.1. The second kappa shape index (κ2) is 5.33. The second-order valence-corrected chi connectivity index (χ2v) is 7.95. The quantitative estimate of drug-likeness (QED) is 0.816. The number of sulfone groups is 1. The van der Waals surface area contributed by atoms with Crippen LogP contribution in [0.2, 0.25) is 0 Å². The summed E-state index contributed by atoms with van der Waals surface area (Å²) in [6.45, 7) is 3.71. The zero-order valence-corrected chi connectivity index (χ0v) is 12.2. The van der Waals surface area contributed by atoms with Gasteiger partial charge in [0.25, 0.3) is 0 Å². The highest BCUT2D eigenvalue weighted by Gasteiger charge is 2.36. The van der Waals surface area contributed by atoms with E-state index in [1.807, 2.05) is 0 Å². The normalized spacial score (nSPS) is 26.9. The number of nitrogens with one attached hydrogen (secondary N) is 1. The van der Waals surface area contributed by atoms with Gasteiger partial charge in [0.1, 0.15) is 17.6 Å². The van der Waals surface area contributed by atoms with Gasteiger partial charge in [-0.25, -0.2) is 12.8 Å². The highest BCUT2D eigenvalue weighted by atomic mass is 32.2. The third-order valence-corrected chi connectivity index (χ3v) is 6.18. The third-order valence-electron chi connectivity index (χ3n) is 4.41. The maximum atomic E-state index is 12.9. The van der Waals surface area contributed by atoms with Gasteiger partial charge in [0, 0.05) is 12.1 Å². The van der Waals surface area contributed by atoms with Crippen molar-refractivity contribution in [3.05, 3.63) is 30.1 Å². The molecule has 1 aromatic rings. The molecule has 2 aliphatic rings. The number of anilines is 1. The second-order valence-electron chi connectivity index (χ2n) is 5.72. The van der Waals surface area contributed by atoms with Gasteiger partial charge in [-0.15, -0.1) is 0 Å². The lowest BCUT2D eigenvalue weighted by Crippen LogP contribution is -3.18. The molecule has 0 bridgehead atoms. The van der Waals surface area contributed by atoms with Gasteiger partial charge in [-0.1, -0.05) is 0 Å². The van der Waals surface area contributed by atoms with E-state index in [4.69, 9.17) is 0 Å². The van der Waals surface area contributed by atoms with Crippen LogP contribution in [0.25, 0.3) is 0 Å². The van der Waals surface area contributed by atoms with E-state index in [2.05, 4.69) is 4.90 Å². The summed E-state index contributed by atoms with van der Waals surface area (Å²) in [5.41, 5.74) is 1.05. The van der Waals surface area contributed by atoms with Gasteiger partial charge >= 0.3 is 0 Å². The number of rotatable bonds is 2. The fourth-order valence-corrected chi connectivity index (χ4v) is 5.05.